The molecule has 0 spiro atoms. The molecule has 2 aromatic carbocycles. The fraction of sp³-hybridized carbons (Fsp3) is 0.304. The highest BCUT2D eigenvalue weighted by Gasteiger charge is 2.17. The Labute approximate surface area is 168 Å². The van der Waals surface area contributed by atoms with Crippen LogP contribution in [-0.2, 0) is 4.74 Å². The van der Waals surface area contributed by atoms with Gasteiger partial charge in [0.25, 0.3) is 0 Å². The summed E-state index contributed by atoms with van der Waals surface area (Å²) in [5.74, 6) is -0.276. The van der Waals surface area contributed by atoms with E-state index in [1.807, 2.05) is 50.2 Å². The summed E-state index contributed by atoms with van der Waals surface area (Å²) >= 11 is 3.46. The van der Waals surface area contributed by atoms with Gasteiger partial charge in [0, 0.05) is 15.4 Å². The first-order chi connectivity index (χ1) is 13.0. The van der Waals surface area contributed by atoms with Gasteiger partial charge in [0.05, 0.1) is 23.4 Å². The molecule has 0 atom stereocenters. The van der Waals surface area contributed by atoms with Gasteiger partial charge < -0.3 is 4.74 Å². The van der Waals surface area contributed by atoms with Crippen LogP contribution in [0.3, 0.4) is 0 Å². The summed E-state index contributed by atoms with van der Waals surface area (Å²) in [5, 5.41) is 0.855. The molecule has 0 amide bonds. The van der Waals surface area contributed by atoms with Crippen LogP contribution in [0, 0.1) is 13.8 Å². The van der Waals surface area contributed by atoms with Crippen molar-refractivity contribution in [3.8, 4) is 11.3 Å². The average Bonchev–Trinajstić information content (AvgIpc) is 2.65. The molecular weight excluding hydrogens is 402 g/mol. The van der Waals surface area contributed by atoms with Crippen molar-refractivity contribution in [2.24, 2.45) is 0 Å². The van der Waals surface area contributed by atoms with Crippen molar-refractivity contribution in [3.05, 3.63) is 63.6 Å². The topological polar surface area (TPSA) is 39.2 Å². The molecule has 0 aliphatic carbocycles. The van der Waals surface area contributed by atoms with Crippen LogP contribution in [0.15, 0.2) is 46.9 Å². The highest BCUT2D eigenvalue weighted by Crippen LogP contribution is 2.29. The van der Waals surface area contributed by atoms with Gasteiger partial charge in [-0.25, -0.2) is 9.78 Å². The number of nitrogens with zero attached hydrogens (tertiary/aromatic N) is 1. The molecule has 140 valence electrons. The number of carbonyl (C=O) groups excluding carboxylic acids is 1. The van der Waals surface area contributed by atoms with Gasteiger partial charge >= 0.3 is 5.97 Å². The maximum atomic E-state index is 12.8. The Hall–Kier alpha value is -2.20. The molecule has 0 saturated carbocycles. The minimum absolute atomic E-state index is 0.276. The van der Waals surface area contributed by atoms with Crippen molar-refractivity contribution < 1.29 is 9.53 Å². The summed E-state index contributed by atoms with van der Waals surface area (Å²) in [6.45, 7) is 6.65. The SMILES string of the molecule is CCCCCOC(=O)c1cc(-c2ccc(Br)cc2)nc2c(C)cc(C)cc12. The number of rotatable bonds is 6. The Morgan fingerprint density at radius 1 is 1.07 bits per heavy atom. The number of benzene rings is 2. The number of halogens is 1. The molecule has 0 unspecified atom stereocenters. The third kappa shape index (κ3) is 4.56. The maximum Gasteiger partial charge on any atom is 0.338 e. The van der Waals surface area contributed by atoms with Gasteiger partial charge in [0.15, 0.2) is 0 Å². The van der Waals surface area contributed by atoms with Crippen molar-refractivity contribution >= 4 is 32.8 Å². The molecule has 4 heteroatoms. The second-order valence-corrected chi connectivity index (χ2v) is 7.80. The Balaban J connectivity index is 2.08. The van der Waals surface area contributed by atoms with Crippen LogP contribution in [0.2, 0.25) is 0 Å². The molecule has 1 aromatic heterocycles. The number of ether oxygens (including phenoxy) is 1. The fourth-order valence-electron chi connectivity index (χ4n) is 3.21. The normalized spacial score (nSPS) is 11.0. The highest BCUT2D eigenvalue weighted by molar-refractivity contribution is 9.10. The first kappa shape index (κ1) is 19.6. The first-order valence-electron chi connectivity index (χ1n) is 9.34. The average molecular weight is 426 g/mol. The molecule has 0 N–H and O–H groups in total. The lowest BCUT2D eigenvalue weighted by Gasteiger charge is -2.12. The molecule has 27 heavy (non-hydrogen) atoms. The first-order valence-corrected chi connectivity index (χ1v) is 10.1. The summed E-state index contributed by atoms with van der Waals surface area (Å²) in [6.07, 6.45) is 3.05. The van der Waals surface area contributed by atoms with Gasteiger partial charge in [0.1, 0.15) is 0 Å². The second kappa shape index (κ2) is 8.66. The van der Waals surface area contributed by atoms with Gasteiger partial charge in [-0.2, -0.15) is 0 Å². The van der Waals surface area contributed by atoms with Crippen LogP contribution in [0.1, 0.15) is 47.7 Å². The number of fused-ring (bicyclic) bond motifs is 1. The van der Waals surface area contributed by atoms with Crippen molar-refractivity contribution in [1.29, 1.82) is 0 Å². The van der Waals surface area contributed by atoms with Crippen LogP contribution in [0.5, 0.6) is 0 Å². The molecule has 0 saturated heterocycles. The van der Waals surface area contributed by atoms with Gasteiger partial charge in [-0.1, -0.05) is 59.5 Å². The number of hydrogen-bond acceptors (Lipinski definition) is 3. The van der Waals surface area contributed by atoms with Gasteiger partial charge in [-0.3, -0.25) is 0 Å². The standard InChI is InChI=1S/C23H24BrNO2/c1-4-5-6-11-27-23(26)20-14-21(17-7-9-18(24)10-8-17)25-22-16(3)12-15(2)13-19(20)22/h7-10,12-14H,4-6,11H2,1-3H3. The van der Waals surface area contributed by atoms with E-state index in [4.69, 9.17) is 9.72 Å². The van der Waals surface area contributed by atoms with E-state index >= 15 is 0 Å². The van der Waals surface area contributed by atoms with Crippen molar-refractivity contribution in [2.75, 3.05) is 6.61 Å². The van der Waals surface area contributed by atoms with Gasteiger partial charge in [-0.05, 0) is 50.1 Å². The minimum Gasteiger partial charge on any atom is -0.462 e. The molecule has 1 heterocycles. The van der Waals surface area contributed by atoms with Crippen LogP contribution >= 0.6 is 15.9 Å². The molecule has 0 aliphatic heterocycles. The molecule has 0 bridgehead atoms. The van der Waals surface area contributed by atoms with E-state index in [9.17, 15) is 4.79 Å². The molecule has 3 nitrogen and oxygen atoms in total. The lowest BCUT2D eigenvalue weighted by Crippen LogP contribution is -2.08. The molecule has 3 rings (SSSR count). The second-order valence-electron chi connectivity index (χ2n) is 6.88. The van der Waals surface area contributed by atoms with Gasteiger partial charge in [0.2, 0.25) is 0 Å². The van der Waals surface area contributed by atoms with Gasteiger partial charge in [-0.15, -0.1) is 0 Å². The number of esters is 1. The lowest BCUT2D eigenvalue weighted by atomic mass is 10.00. The Bertz CT molecular complexity index is 964. The van der Waals surface area contributed by atoms with Crippen LogP contribution in [0.25, 0.3) is 22.2 Å². The number of unbranched alkanes of at least 4 members (excludes halogenated alkanes) is 2. The number of aromatic nitrogens is 1. The van der Waals surface area contributed by atoms with E-state index in [1.165, 1.54) is 0 Å². The van der Waals surface area contributed by atoms with E-state index in [-0.39, 0.29) is 5.97 Å². The molecule has 3 aromatic rings. The lowest BCUT2D eigenvalue weighted by molar-refractivity contribution is 0.0500. The third-order valence-corrected chi connectivity index (χ3v) is 5.12. The highest BCUT2D eigenvalue weighted by atomic mass is 79.9. The van der Waals surface area contributed by atoms with Crippen molar-refractivity contribution in [3.63, 3.8) is 0 Å². The Kier molecular flexibility index (Phi) is 6.27. The Morgan fingerprint density at radius 2 is 1.81 bits per heavy atom. The predicted molar refractivity (Wildman–Crippen MR) is 114 cm³/mol. The van der Waals surface area contributed by atoms with E-state index in [0.29, 0.717) is 12.2 Å². The summed E-state index contributed by atoms with van der Waals surface area (Å²) in [5.41, 5.74) is 5.35. The molecular formula is C23H24BrNO2. The number of pyridine rings is 1. The van der Waals surface area contributed by atoms with E-state index in [1.54, 1.807) is 0 Å². The van der Waals surface area contributed by atoms with Crippen LogP contribution in [0.4, 0.5) is 0 Å². The van der Waals surface area contributed by atoms with Crippen molar-refractivity contribution in [2.45, 2.75) is 40.0 Å². The number of carbonyl (C=O) groups is 1. The fourth-order valence-corrected chi connectivity index (χ4v) is 3.48. The third-order valence-electron chi connectivity index (χ3n) is 4.59. The largest absolute Gasteiger partial charge is 0.462 e. The molecule has 0 radical (unpaired) electrons. The summed E-state index contributed by atoms with van der Waals surface area (Å²) < 4.78 is 6.56. The number of hydrogen-bond donors (Lipinski definition) is 0. The number of aryl methyl sites for hydroxylation is 2. The summed E-state index contributed by atoms with van der Waals surface area (Å²) in [4.78, 5) is 17.7. The van der Waals surface area contributed by atoms with Crippen LogP contribution < -0.4 is 0 Å². The molecule has 0 fully saturated rings. The Morgan fingerprint density at radius 3 is 2.52 bits per heavy atom. The van der Waals surface area contributed by atoms with E-state index in [2.05, 4.69) is 28.9 Å². The monoisotopic (exact) mass is 425 g/mol. The summed E-state index contributed by atoms with van der Waals surface area (Å²) in [6, 6.07) is 13.9. The zero-order valence-electron chi connectivity index (χ0n) is 16.0. The van der Waals surface area contributed by atoms with Crippen molar-refractivity contribution in [1.82, 2.24) is 4.98 Å². The zero-order chi connectivity index (χ0) is 19.4. The minimum atomic E-state index is -0.276. The quantitative estimate of drug-likeness (QED) is 0.328. The summed E-state index contributed by atoms with van der Waals surface area (Å²) in [7, 11) is 0. The maximum absolute atomic E-state index is 12.8. The predicted octanol–water partition coefficient (Wildman–Crippen LogP) is 6.63. The molecule has 0 aliphatic rings. The van der Waals surface area contributed by atoms with Crippen LogP contribution in [-0.4, -0.2) is 17.6 Å². The smallest absolute Gasteiger partial charge is 0.338 e. The zero-order valence-corrected chi connectivity index (χ0v) is 17.6. The van der Waals surface area contributed by atoms with E-state index in [0.717, 1.165) is 57.0 Å². The van der Waals surface area contributed by atoms with E-state index < -0.39 is 0 Å².